The fourth-order valence-corrected chi connectivity index (χ4v) is 1.90. The smallest absolute Gasteiger partial charge is 0.306 e. The Morgan fingerprint density at radius 1 is 1.00 bits per heavy atom. The molecule has 0 atom stereocenters. The minimum absolute atomic E-state index is 0.0587. The van der Waals surface area contributed by atoms with Crippen LogP contribution < -0.4 is 0 Å². The molecule has 0 N–H and O–H groups in total. The van der Waals surface area contributed by atoms with Gasteiger partial charge in [-0.15, -0.1) is 0 Å². The molecular formula is C16H21BrO4. The predicted octanol–water partition coefficient (Wildman–Crippen LogP) is 4.01. The van der Waals surface area contributed by atoms with Crippen LogP contribution in [-0.2, 0) is 25.7 Å². The van der Waals surface area contributed by atoms with E-state index in [2.05, 4.69) is 22.9 Å². The van der Waals surface area contributed by atoms with Gasteiger partial charge in [0.1, 0.15) is 6.61 Å². The van der Waals surface area contributed by atoms with Gasteiger partial charge < -0.3 is 9.47 Å². The first-order valence-corrected chi connectivity index (χ1v) is 7.96. The summed E-state index contributed by atoms with van der Waals surface area (Å²) in [6.07, 6.45) is 3.13. The topological polar surface area (TPSA) is 52.6 Å². The van der Waals surface area contributed by atoms with E-state index in [4.69, 9.17) is 9.47 Å². The Morgan fingerprint density at radius 2 is 1.62 bits per heavy atom. The zero-order chi connectivity index (χ0) is 15.5. The highest BCUT2D eigenvalue weighted by molar-refractivity contribution is 9.10. The zero-order valence-corrected chi connectivity index (χ0v) is 13.9. The number of hydrogen-bond acceptors (Lipinski definition) is 4. The molecule has 0 aliphatic carbocycles. The first-order valence-electron chi connectivity index (χ1n) is 7.17. The molecule has 4 nitrogen and oxygen atoms in total. The number of esters is 2. The number of unbranched alkanes of at least 4 members (excludes halogenated alkanes) is 2. The Kier molecular flexibility index (Phi) is 8.74. The Balaban J connectivity index is 2.13. The lowest BCUT2D eigenvalue weighted by Gasteiger charge is -2.06. The molecule has 1 aromatic carbocycles. The lowest BCUT2D eigenvalue weighted by atomic mass is 10.2. The van der Waals surface area contributed by atoms with Crippen molar-refractivity contribution in [1.82, 2.24) is 0 Å². The van der Waals surface area contributed by atoms with Crippen LogP contribution in [0.25, 0.3) is 0 Å². The van der Waals surface area contributed by atoms with Crippen LogP contribution in [0.5, 0.6) is 0 Å². The normalized spacial score (nSPS) is 10.2. The zero-order valence-electron chi connectivity index (χ0n) is 12.3. The van der Waals surface area contributed by atoms with E-state index in [1.807, 2.05) is 24.3 Å². The van der Waals surface area contributed by atoms with Crippen molar-refractivity contribution in [3.8, 4) is 0 Å². The molecule has 116 valence electrons. The van der Waals surface area contributed by atoms with Crippen LogP contribution in [0.15, 0.2) is 28.7 Å². The molecule has 0 unspecified atom stereocenters. The summed E-state index contributed by atoms with van der Waals surface area (Å²) in [5, 5.41) is 0. The third-order valence-corrected chi connectivity index (χ3v) is 3.39. The van der Waals surface area contributed by atoms with Crippen molar-refractivity contribution in [3.63, 3.8) is 0 Å². The van der Waals surface area contributed by atoms with Crippen LogP contribution in [0.4, 0.5) is 0 Å². The summed E-state index contributed by atoms with van der Waals surface area (Å²) < 4.78 is 11.1. The van der Waals surface area contributed by atoms with Crippen LogP contribution in [-0.4, -0.2) is 18.5 Å². The Morgan fingerprint density at radius 3 is 2.24 bits per heavy atom. The third kappa shape index (κ3) is 8.50. The summed E-state index contributed by atoms with van der Waals surface area (Å²) >= 11 is 3.34. The monoisotopic (exact) mass is 356 g/mol. The largest absolute Gasteiger partial charge is 0.466 e. The van der Waals surface area contributed by atoms with Crippen molar-refractivity contribution in [2.75, 3.05) is 6.61 Å². The summed E-state index contributed by atoms with van der Waals surface area (Å²) in [6.45, 7) is 2.74. The van der Waals surface area contributed by atoms with Gasteiger partial charge in [-0.2, -0.15) is 0 Å². The molecule has 5 heteroatoms. The van der Waals surface area contributed by atoms with Crippen molar-refractivity contribution >= 4 is 27.9 Å². The first-order chi connectivity index (χ1) is 10.1. The quantitative estimate of drug-likeness (QED) is 0.495. The van der Waals surface area contributed by atoms with Gasteiger partial charge in [-0.3, -0.25) is 9.59 Å². The van der Waals surface area contributed by atoms with Crippen molar-refractivity contribution in [3.05, 3.63) is 34.3 Å². The lowest BCUT2D eigenvalue weighted by molar-refractivity contribution is -0.151. The second-order valence-corrected chi connectivity index (χ2v) is 5.63. The van der Waals surface area contributed by atoms with Gasteiger partial charge in [-0.25, -0.2) is 0 Å². The van der Waals surface area contributed by atoms with Crippen molar-refractivity contribution < 1.29 is 19.1 Å². The molecule has 0 bridgehead atoms. The van der Waals surface area contributed by atoms with E-state index < -0.39 is 0 Å². The van der Waals surface area contributed by atoms with Crippen LogP contribution >= 0.6 is 15.9 Å². The Hall–Kier alpha value is -1.36. The number of ether oxygens (including phenoxy) is 2. The SMILES string of the molecule is CCCCCOC(=O)CCC(=O)OCc1ccc(Br)cc1. The van der Waals surface area contributed by atoms with Crippen LogP contribution in [0.1, 0.15) is 44.6 Å². The highest BCUT2D eigenvalue weighted by Gasteiger charge is 2.09. The van der Waals surface area contributed by atoms with Gasteiger partial charge >= 0.3 is 11.9 Å². The van der Waals surface area contributed by atoms with E-state index in [0.717, 1.165) is 29.3 Å². The molecule has 0 aliphatic heterocycles. The Labute approximate surface area is 133 Å². The molecule has 0 saturated carbocycles. The van der Waals surface area contributed by atoms with Gasteiger partial charge in [0.2, 0.25) is 0 Å². The fourth-order valence-electron chi connectivity index (χ4n) is 1.63. The van der Waals surface area contributed by atoms with E-state index >= 15 is 0 Å². The number of rotatable bonds is 9. The molecule has 1 rings (SSSR count). The molecule has 1 aromatic rings. The summed E-state index contributed by atoms with van der Waals surface area (Å²) in [5.74, 6) is -0.727. The summed E-state index contributed by atoms with van der Waals surface area (Å²) in [4.78, 5) is 22.9. The molecule has 0 heterocycles. The number of carbonyl (C=O) groups is 2. The van der Waals surface area contributed by atoms with E-state index in [-0.39, 0.29) is 31.4 Å². The number of halogens is 1. The van der Waals surface area contributed by atoms with Gasteiger partial charge in [-0.05, 0) is 24.1 Å². The standard InChI is InChI=1S/C16H21BrO4/c1-2-3-4-11-20-15(18)9-10-16(19)21-12-13-5-7-14(17)8-6-13/h5-8H,2-4,9-12H2,1H3. The second-order valence-electron chi connectivity index (χ2n) is 4.71. The van der Waals surface area contributed by atoms with E-state index in [9.17, 15) is 9.59 Å². The average molecular weight is 357 g/mol. The molecule has 0 saturated heterocycles. The van der Waals surface area contributed by atoms with Crippen molar-refractivity contribution in [1.29, 1.82) is 0 Å². The van der Waals surface area contributed by atoms with E-state index in [1.54, 1.807) is 0 Å². The number of benzene rings is 1. The number of carbonyl (C=O) groups excluding carboxylic acids is 2. The molecular weight excluding hydrogens is 336 g/mol. The second kappa shape index (κ2) is 10.4. The van der Waals surface area contributed by atoms with Crippen LogP contribution in [0.3, 0.4) is 0 Å². The van der Waals surface area contributed by atoms with E-state index in [0.29, 0.717) is 6.61 Å². The molecule has 0 amide bonds. The number of hydrogen-bond donors (Lipinski definition) is 0. The Bertz CT molecular complexity index is 442. The van der Waals surface area contributed by atoms with Crippen LogP contribution in [0.2, 0.25) is 0 Å². The maximum Gasteiger partial charge on any atom is 0.306 e. The summed E-state index contributed by atoms with van der Waals surface area (Å²) in [5.41, 5.74) is 0.911. The van der Waals surface area contributed by atoms with Gasteiger partial charge in [0.05, 0.1) is 19.4 Å². The van der Waals surface area contributed by atoms with Crippen molar-refractivity contribution in [2.45, 2.75) is 45.6 Å². The molecule has 0 spiro atoms. The molecule has 0 aromatic heterocycles. The van der Waals surface area contributed by atoms with Gasteiger partial charge in [0.25, 0.3) is 0 Å². The lowest BCUT2D eigenvalue weighted by Crippen LogP contribution is -2.11. The van der Waals surface area contributed by atoms with Gasteiger partial charge in [-0.1, -0.05) is 47.8 Å². The van der Waals surface area contributed by atoms with Gasteiger partial charge in [0.15, 0.2) is 0 Å². The third-order valence-electron chi connectivity index (χ3n) is 2.86. The first kappa shape index (κ1) is 17.7. The summed E-state index contributed by atoms with van der Waals surface area (Å²) in [6, 6.07) is 7.52. The summed E-state index contributed by atoms with van der Waals surface area (Å²) in [7, 11) is 0. The van der Waals surface area contributed by atoms with Crippen LogP contribution in [0, 0.1) is 0 Å². The molecule has 0 aliphatic rings. The van der Waals surface area contributed by atoms with E-state index in [1.165, 1.54) is 0 Å². The van der Waals surface area contributed by atoms with Crippen molar-refractivity contribution in [2.24, 2.45) is 0 Å². The fraction of sp³-hybridized carbons (Fsp3) is 0.500. The maximum absolute atomic E-state index is 11.5. The minimum Gasteiger partial charge on any atom is -0.466 e. The highest BCUT2D eigenvalue weighted by atomic mass is 79.9. The maximum atomic E-state index is 11.5. The molecule has 0 radical (unpaired) electrons. The highest BCUT2D eigenvalue weighted by Crippen LogP contribution is 2.11. The molecule has 0 fully saturated rings. The molecule has 21 heavy (non-hydrogen) atoms. The minimum atomic E-state index is -0.386. The van der Waals surface area contributed by atoms with Gasteiger partial charge in [0, 0.05) is 4.47 Å². The average Bonchev–Trinajstić information content (AvgIpc) is 2.49. The predicted molar refractivity (Wildman–Crippen MR) is 83.7 cm³/mol.